The molecule has 170 valence electrons. The van der Waals surface area contributed by atoms with Gasteiger partial charge in [-0.25, -0.2) is 9.67 Å². The number of benzene rings is 1. The van der Waals surface area contributed by atoms with Gasteiger partial charge in [-0.3, -0.25) is 4.79 Å². The van der Waals surface area contributed by atoms with Crippen LogP contribution in [0.4, 0.5) is 0 Å². The van der Waals surface area contributed by atoms with Gasteiger partial charge in [-0.15, -0.1) is 0 Å². The summed E-state index contributed by atoms with van der Waals surface area (Å²) in [5.41, 5.74) is 4.06. The summed E-state index contributed by atoms with van der Waals surface area (Å²) in [6.07, 6.45) is 1.58. The summed E-state index contributed by atoms with van der Waals surface area (Å²) >= 11 is 0. The van der Waals surface area contributed by atoms with Gasteiger partial charge < -0.3 is 9.42 Å². The number of aromatic nitrogens is 5. The Labute approximate surface area is 192 Å². The van der Waals surface area contributed by atoms with E-state index in [4.69, 9.17) is 4.52 Å². The van der Waals surface area contributed by atoms with Crippen LogP contribution in [-0.2, 0) is 0 Å². The van der Waals surface area contributed by atoms with Gasteiger partial charge in [0.2, 0.25) is 11.7 Å². The summed E-state index contributed by atoms with van der Waals surface area (Å²) in [4.78, 5) is 24.8. The molecule has 1 saturated heterocycles. The van der Waals surface area contributed by atoms with Crippen LogP contribution >= 0.6 is 0 Å². The van der Waals surface area contributed by atoms with E-state index in [1.165, 1.54) is 0 Å². The maximum atomic E-state index is 13.5. The largest absolute Gasteiger partial charge is 0.339 e. The third-order valence-corrected chi connectivity index (χ3v) is 6.29. The molecule has 1 aliphatic rings. The molecule has 0 spiro atoms. The molecule has 3 aromatic heterocycles. The molecule has 0 unspecified atom stereocenters. The zero-order valence-corrected chi connectivity index (χ0v) is 19.4. The number of carbonyl (C=O) groups is 1. The van der Waals surface area contributed by atoms with Crippen molar-refractivity contribution < 1.29 is 9.32 Å². The van der Waals surface area contributed by atoms with Crippen molar-refractivity contribution in [2.45, 2.75) is 52.5 Å². The van der Waals surface area contributed by atoms with Gasteiger partial charge in [-0.1, -0.05) is 35.5 Å². The number of hydrogen-bond donors (Lipinski definition) is 0. The van der Waals surface area contributed by atoms with E-state index in [0.29, 0.717) is 30.4 Å². The van der Waals surface area contributed by atoms with Crippen LogP contribution in [0.25, 0.3) is 22.4 Å². The van der Waals surface area contributed by atoms with Crippen molar-refractivity contribution in [3.63, 3.8) is 0 Å². The minimum atomic E-state index is 0.0332. The molecule has 0 saturated carbocycles. The Kier molecular flexibility index (Phi) is 5.44. The minimum Gasteiger partial charge on any atom is -0.339 e. The lowest BCUT2D eigenvalue weighted by Crippen LogP contribution is -2.38. The molecule has 0 N–H and O–H groups in total. The normalized spacial score (nSPS) is 15.0. The summed E-state index contributed by atoms with van der Waals surface area (Å²) in [5, 5.41) is 9.66. The first-order valence-corrected chi connectivity index (χ1v) is 11.5. The average molecular weight is 445 g/mol. The molecule has 4 heterocycles. The highest BCUT2D eigenvalue weighted by Gasteiger charge is 2.30. The number of amides is 1. The molecule has 0 radical (unpaired) electrons. The fraction of sp³-hybridized carbons (Fsp3) is 0.400. The number of pyridine rings is 1. The second kappa shape index (κ2) is 8.42. The molecule has 1 fully saturated rings. The van der Waals surface area contributed by atoms with Crippen molar-refractivity contribution in [2.75, 3.05) is 13.1 Å². The number of carbonyl (C=O) groups excluding carboxylic acids is 1. The molecule has 0 atom stereocenters. The molecule has 0 aliphatic carbocycles. The molecule has 1 aliphatic heterocycles. The number of aryl methyl sites for hydroxylation is 2. The van der Waals surface area contributed by atoms with Gasteiger partial charge in [0, 0.05) is 36.3 Å². The molecule has 8 heteroatoms. The van der Waals surface area contributed by atoms with E-state index in [9.17, 15) is 4.79 Å². The summed E-state index contributed by atoms with van der Waals surface area (Å²) in [5.74, 6) is 1.45. The van der Waals surface area contributed by atoms with Crippen LogP contribution in [0.3, 0.4) is 0 Å². The monoisotopic (exact) mass is 444 g/mol. The van der Waals surface area contributed by atoms with Crippen LogP contribution in [0.15, 0.2) is 40.9 Å². The van der Waals surface area contributed by atoms with Gasteiger partial charge in [0.25, 0.3) is 5.91 Å². The van der Waals surface area contributed by atoms with E-state index in [-0.39, 0.29) is 17.9 Å². The molecule has 1 amide bonds. The fourth-order valence-electron chi connectivity index (χ4n) is 4.57. The Hall–Kier alpha value is -3.55. The van der Waals surface area contributed by atoms with E-state index in [1.807, 2.05) is 59.8 Å². The number of fused-ring (bicyclic) bond motifs is 1. The van der Waals surface area contributed by atoms with Crippen molar-refractivity contribution in [1.29, 1.82) is 0 Å². The molecule has 5 rings (SSSR count). The first kappa shape index (κ1) is 21.3. The Morgan fingerprint density at radius 3 is 2.52 bits per heavy atom. The van der Waals surface area contributed by atoms with Crippen molar-refractivity contribution >= 4 is 16.9 Å². The van der Waals surface area contributed by atoms with Gasteiger partial charge in [0.15, 0.2) is 5.65 Å². The molecular weight excluding hydrogens is 416 g/mol. The van der Waals surface area contributed by atoms with E-state index in [0.717, 1.165) is 40.8 Å². The van der Waals surface area contributed by atoms with E-state index in [1.54, 1.807) is 0 Å². The Balaban J connectivity index is 1.35. The van der Waals surface area contributed by atoms with Crippen molar-refractivity contribution in [3.05, 3.63) is 59.2 Å². The van der Waals surface area contributed by atoms with Crippen molar-refractivity contribution in [1.82, 2.24) is 29.8 Å². The topological polar surface area (TPSA) is 89.9 Å². The van der Waals surface area contributed by atoms with Crippen LogP contribution in [0.1, 0.15) is 66.3 Å². The smallest absolute Gasteiger partial charge is 0.254 e. The van der Waals surface area contributed by atoms with Gasteiger partial charge in [-0.05, 0) is 46.6 Å². The quantitative estimate of drug-likeness (QED) is 0.453. The van der Waals surface area contributed by atoms with Crippen LogP contribution in [0, 0.1) is 13.8 Å². The van der Waals surface area contributed by atoms with Crippen LogP contribution in [-0.4, -0.2) is 48.8 Å². The predicted octanol–water partition coefficient (Wildman–Crippen LogP) is 4.70. The second-order valence-corrected chi connectivity index (χ2v) is 9.02. The van der Waals surface area contributed by atoms with Crippen LogP contribution in [0.2, 0.25) is 0 Å². The average Bonchev–Trinajstić information content (AvgIpc) is 3.44. The van der Waals surface area contributed by atoms with Crippen LogP contribution in [0.5, 0.6) is 0 Å². The minimum absolute atomic E-state index is 0.0332. The summed E-state index contributed by atoms with van der Waals surface area (Å²) in [7, 11) is 0. The molecule has 1 aromatic carbocycles. The second-order valence-electron chi connectivity index (χ2n) is 9.02. The van der Waals surface area contributed by atoms with Gasteiger partial charge in [0.05, 0.1) is 16.6 Å². The van der Waals surface area contributed by atoms with E-state index >= 15 is 0 Å². The molecule has 33 heavy (non-hydrogen) atoms. The highest BCUT2D eigenvalue weighted by Crippen LogP contribution is 2.31. The maximum Gasteiger partial charge on any atom is 0.254 e. The Morgan fingerprint density at radius 1 is 1.09 bits per heavy atom. The summed E-state index contributed by atoms with van der Waals surface area (Å²) < 4.78 is 7.47. The van der Waals surface area contributed by atoms with Crippen molar-refractivity contribution in [3.8, 4) is 11.4 Å². The molecule has 8 nitrogen and oxygen atoms in total. The maximum absolute atomic E-state index is 13.5. The summed E-state index contributed by atoms with van der Waals surface area (Å²) in [6.45, 7) is 9.31. The lowest BCUT2D eigenvalue weighted by Gasteiger charge is -2.30. The highest BCUT2D eigenvalue weighted by molar-refractivity contribution is 6.06. The van der Waals surface area contributed by atoms with E-state index < -0.39 is 0 Å². The lowest BCUT2D eigenvalue weighted by atomic mass is 9.96. The van der Waals surface area contributed by atoms with Gasteiger partial charge in [0.1, 0.15) is 0 Å². The first-order chi connectivity index (χ1) is 15.9. The predicted molar refractivity (Wildman–Crippen MR) is 125 cm³/mol. The number of rotatable bonds is 4. The third-order valence-electron chi connectivity index (χ3n) is 6.29. The van der Waals surface area contributed by atoms with Gasteiger partial charge in [-0.2, -0.15) is 10.1 Å². The molecule has 0 bridgehead atoms. The van der Waals surface area contributed by atoms with Gasteiger partial charge >= 0.3 is 0 Å². The van der Waals surface area contributed by atoms with Crippen LogP contribution < -0.4 is 0 Å². The lowest BCUT2D eigenvalue weighted by molar-refractivity contribution is 0.0706. The standard InChI is InChI=1S/C25H28N6O2/c1-15(2)31-23-21(17(4)28-31)20(14-16(3)26-23)25(32)30-12-10-19(11-13-30)24-27-22(29-33-24)18-8-6-5-7-9-18/h5-9,14-15,19H,10-13H2,1-4H3. The molecule has 4 aromatic rings. The highest BCUT2D eigenvalue weighted by atomic mass is 16.5. The first-order valence-electron chi connectivity index (χ1n) is 11.5. The number of likely N-dealkylation sites (tertiary alicyclic amines) is 1. The third kappa shape index (κ3) is 3.90. The number of nitrogens with zero attached hydrogens (tertiary/aromatic N) is 6. The van der Waals surface area contributed by atoms with Crippen molar-refractivity contribution in [2.24, 2.45) is 0 Å². The SMILES string of the molecule is Cc1cc(C(=O)N2CCC(c3nc(-c4ccccc4)no3)CC2)c2c(C)nn(C(C)C)c2n1. The fourth-order valence-corrected chi connectivity index (χ4v) is 4.57. The zero-order chi connectivity index (χ0) is 23.1. The number of hydrogen-bond acceptors (Lipinski definition) is 6. The van der Waals surface area contributed by atoms with E-state index in [2.05, 4.69) is 34.1 Å². The Morgan fingerprint density at radius 2 is 1.82 bits per heavy atom. The molecular formula is C25H28N6O2. The zero-order valence-electron chi connectivity index (χ0n) is 19.4. The number of piperidine rings is 1. The Bertz CT molecular complexity index is 1300. The summed E-state index contributed by atoms with van der Waals surface area (Å²) in [6, 6.07) is 11.9.